The van der Waals surface area contributed by atoms with E-state index in [1.807, 2.05) is 59.6 Å². The van der Waals surface area contributed by atoms with E-state index in [0.717, 1.165) is 35.9 Å². The zero-order valence-electron chi connectivity index (χ0n) is 21.3. The van der Waals surface area contributed by atoms with Gasteiger partial charge >= 0.3 is 0 Å². The molecule has 0 radical (unpaired) electrons. The number of benzene rings is 2. The smallest absolute Gasteiger partial charge is 0.254 e. The summed E-state index contributed by atoms with van der Waals surface area (Å²) in [5.41, 5.74) is 3.62. The molecule has 1 aliphatic carbocycles. The Morgan fingerprint density at radius 2 is 1.89 bits per heavy atom. The number of allylic oxidation sites excluding steroid dienone is 3. The largest absolute Gasteiger partial charge is 0.361 e. The molecular formula is C31H35N3O2. The molecule has 2 unspecified atom stereocenters. The third-order valence-corrected chi connectivity index (χ3v) is 7.56. The predicted molar refractivity (Wildman–Crippen MR) is 146 cm³/mol. The first-order valence-electron chi connectivity index (χ1n) is 12.9. The highest BCUT2D eigenvalue weighted by atomic mass is 16.2. The van der Waals surface area contributed by atoms with Crippen molar-refractivity contribution in [3.8, 4) is 0 Å². The van der Waals surface area contributed by atoms with Gasteiger partial charge in [-0.3, -0.25) is 9.59 Å². The number of H-pyrrole nitrogens is 1. The first-order valence-corrected chi connectivity index (χ1v) is 12.9. The van der Waals surface area contributed by atoms with Gasteiger partial charge in [0.25, 0.3) is 5.91 Å². The molecule has 36 heavy (non-hydrogen) atoms. The molecule has 2 heterocycles. The Balaban J connectivity index is 1.46. The minimum absolute atomic E-state index is 0.000355. The van der Waals surface area contributed by atoms with Gasteiger partial charge in [-0.1, -0.05) is 63.3 Å². The van der Waals surface area contributed by atoms with E-state index < -0.39 is 0 Å². The van der Waals surface area contributed by atoms with Gasteiger partial charge in [-0.2, -0.15) is 0 Å². The molecule has 5 rings (SSSR count). The van der Waals surface area contributed by atoms with Gasteiger partial charge in [0.2, 0.25) is 5.91 Å². The second kappa shape index (κ2) is 9.81. The zero-order valence-corrected chi connectivity index (χ0v) is 21.3. The highest BCUT2D eigenvalue weighted by Gasteiger charge is 2.42. The van der Waals surface area contributed by atoms with Crippen LogP contribution in [0.1, 0.15) is 56.0 Å². The molecule has 0 saturated carbocycles. The fraction of sp³-hybridized carbons (Fsp3) is 0.355. The maximum absolute atomic E-state index is 14.0. The van der Waals surface area contributed by atoms with Crippen molar-refractivity contribution in [1.82, 2.24) is 9.88 Å². The Kier molecular flexibility index (Phi) is 6.57. The highest BCUT2D eigenvalue weighted by molar-refractivity contribution is 6.07. The van der Waals surface area contributed by atoms with E-state index in [1.54, 1.807) is 0 Å². The lowest BCUT2D eigenvalue weighted by Crippen LogP contribution is -2.55. The normalized spacial score (nSPS) is 22.1. The molecule has 1 saturated heterocycles. The lowest BCUT2D eigenvalue weighted by Gasteiger charge is -2.44. The van der Waals surface area contributed by atoms with Crippen LogP contribution in [-0.4, -0.2) is 34.3 Å². The van der Waals surface area contributed by atoms with E-state index in [1.165, 1.54) is 5.56 Å². The number of likely N-dealkylation sites (tertiary alicyclic amines) is 1. The molecule has 1 aliphatic heterocycles. The predicted octanol–water partition coefficient (Wildman–Crippen LogP) is 6.46. The molecule has 2 aliphatic rings. The molecule has 5 nitrogen and oxygen atoms in total. The van der Waals surface area contributed by atoms with E-state index in [4.69, 9.17) is 0 Å². The molecule has 1 aromatic heterocycles. The maximum atomic E-state index is 14.0. The summed E-state index contributed by atoms with van der Waals surface area (Å²) < 4.78 is 0. The molecule has 5 heteroatoms. The number of aromatic nitrogens is 1. The van der Waals surface area contributed by atoms with Crippen molar-refractivity contribution in [1.29, 1.82) is 0 Å². The highest BCUT2D eigenvalue weighted by Crippen LogP contribution is 2.36. The van der Waals surface area contributed by atoms with Crippen LogP contribution >= 0.6 is 0 Å². The van der Waals surface area contributed by atoms with Crippen molar-refractivity contribution in [2.75, 3.05) is 11.9 Å². The summed E-state index contributed by atoms with van der Waals surface area (Å²) in [5, 5.41) is 4.12. The van der Waals surface area contributed by atoms with E-state index in [-0.39, 0.29) is 35.1 Å². The second-order valence-corrected chi connectivity index (χ2v) is 11.0. The molecule has 2 N–H and O–H groups in total. The van der Waals surface area contributed by atoms with Crippen molar-refractivity contribution in [3.63, 3.8) is 0 Å². The summed E-state index contributed by atoms with van der Waals surface area (Å²) in [6, 6.07) is 15.7. The number of aromatic amines is 1. The molecular weight excluding hydrogens is 446 g/mol. The van der Waals surface area contributed by atoms with Gasteiger partial charge in [0.15, 0.2) is 0 Å². The lowest BCUT2D eigenvalue weighted by molar-refractivity contribution is -0.123. The summed E-state index contributed by atoms with van der Waals surface area (Å²) >= 11 is 0. The topological polar surface area (TPSA) is 65.2 Å². The Bertz CT molecular complexity index is 1330. The number of nitrogens with zero attached hydrogens (tertiary/aromatic N) is 1. The van der Waals surface area contributed by atoms with Crippen LogP contribution in [0.15, 0.2) is 79.0 Å². The van der Waals surface area contributed by atoms with Crippen LogP contribution in [0.4, 0.5) is 5.69 Å². The van der Waals surface area contributed by atoms with Crippen LogP contribution in [0.3, 0.4) is 0 Å². The van der Waals surface area contributed by atoms with Crippen LogP contribution in [0.25, 0.3) is 10.9 Å². The third-order valence-electron chi connectivity index (χ3n) is 7.56. The number of carbonyl (C=O) groups is 2. The summed E-state index contributed by atoms with van der Waals surface area (Å²) in [4.78, 5) is 32.9. The molecule has 186 valence electrons. The molecule has 2 amide bonds. The Morgan fingerprint density at radius 3 is 2.67 bits per heavy atom. The van der Waals surface area contributed by atoms with Crippen molar-refractivity contribution >= 4 is 28.4 Å². The number of hydrogen-bond donors (Lipinski definition) is 2. The first kappa shape index (κ1) is 24.1. The van der Waals surface area contributed by atoms with Gasteiger partial charge in [0.05, 0.1) is 12.0 Å². The quantitative estimate of drug-likeness (QED) is 0.449. The average Bonchev–Trinajstić information content (AvgIpc) is 3.37. The van der Waals surface area contributed by atoms with E-state index in [0.29, 0.717) is 12.1 Å². The molecule has 3 aromatic rings. The Hall–Kier alpha value is -3.60. The van der Waals surface area contributed by atoms with Crippen molar-refractivity contribution in [2.24, 2.45) is 11.8 Å². The van der Waals surface area contributed by atoms with Gasteiger partial charge < -0.3 is 15.2 Å². The van der Waals surface area contributed by atoms with Crippen LogP contribution in [0.2, 0.25) is 0 Å². The number of piperidine rings is 1. The van der Waals surface area contributed by atoms with Crippen LogP contribution < -0.4 is 5.32 Å². The summed E-state index contributed by atoms with van der Waals surface area (Å²) in [7, 11) is 0. The molecule has 2 aromatic carbocycles. The molecule has 3 atom stereocenters. The van der Waals surface area contributed by atoms with Crippen molar-refractivity contribution < 1.29 is 9.59 Å². The van der Waals surface area contributed by atoms with E-state index >= 15 is 0 Å². The van der Waals surface area contributed by atoms with Gasteiger partial charge in [-0.05, 0) is 60.6 Å². The van der Waals surface area contributed by atoms with Crippen molar-refractivity contribution in [3.05, 3.63) is 90.2 Å². The van der Waals surface area contributed by atoms with Gasteiger partial charge in [0.1, 0.15) is 0 Å². The van der Waals surface area contributed by atoms with Gasteiger partial charge in [0, 0.05) is 40.8 Å². The van der Waals surface area contributed by atoms with E-state index in [2.05, 4.69) is 55.4 Å². The minimum Gasteiger partial charge on any atom is -0.361 e. The summed E-state index contributed by atoms with van der Waals surface area (Å²) in [6.07, 6.45) is 12.6. The number of carbonyl (C=O) groups excluding carboxylic acids is 2. The Labute approximate surface area is 213 Å². The molecule has 0 spiro atoms. The minimum atomic E-state index is -0.285. The Morgan fingerprint density at radius 1 is 1.06 bits per heavy atom. The monoisotopic (exact) mass is 481 g/mol. The van der Waals surface area contributed by atoms with Crippen LogP contribution in [-0.2, 0) is 10.2 Å². The zero-order chi connectivity index (χ0) is 25.3. The van der Waals surface area contributed by atoms with Crippen molar-refractivity contribution in [2.45, 2.75) is 51.5 Å². The number of hydrogen-bond acceptors (Lipinski definition) is 2. The third kappa shape index (κ3) is 4.75. The second-order valence-electron chi connectivity index (χ2n) is 11.0. The SMILES string of the molecule is CC(C)(C)c1cccc(NC(=O)C2CCCN(C(=O)c3cccc4[nH]ccc34)[C@H]2C2C=CC=CC2)c1. The van der Waals surface area contributed by atoms with Crippen LogP contribution in [0.5, 0.6) is 0 Å². The number of rotatable bonds is 4. The summed E-state index contributed by atoms with van der Waals surface area (Å²) in [5.74, 6) is -0.194. The number of amides is 2. The van der Waals surface area contributed by atoms with Crippen LogP contribution in [0, 0.1) is 11.8 Å². The molecule has 1 fully saturated rings. The number of fused-ring (bicyclic) bond motifs is 1. The fourth-order valence-electron chi connectivity index (χ4n) is 5.65. The number of nitrogens with one attached hydrogen (secondary N) is 2. The molecule has 0 bridgehead atoms. The summed E-state index contributed by atoms with van der Waals surface area (Å²) in [6.45, 7) is 7.16. The standard InChI is InChI=1S/C31H35N3O2/c1-31(2,3)22-12-7-13-23(20-22)33-29(35)26-15-9-19-34(28(26)21-10-5-4-6-11-21)30(36)25-14-8-16-27-24(25)17-18-32-27/h4-8,10,12-14,16-18,20-21,26,28,32H,9,11,15,19H2,1-3H3,(H,33,35)/t21?,26?,28-/m0/s1. The first-order chi connectivity index (χ1) is 17.3. The maximum Gasteiger partial charge on any atom is 0.254 e. The number of anilines is 1. The average molecular weight is 482 g/mol. The van der Waals surface area contributed by atoms with E-state index in [9.17, 15) is 9.59 Å². The van der Waals surface area contributed by atoms with Gasteiger partial charge in [-0.15, -0.1) is 0 Å². The fourth-order valence-corrected chi connectivity index (χ4v) is 5.65. The lowest BCUT2D eigenvalue weighted by atomic mass is 9.77. The van der Waals surface area contributed by atoms with Gasteiger partial charge in [-0.25, -0.2) is 0 Å².